The van der Waals surface area contributed by atoms with Gasteiger partial charge in [0.15, 0.2) is 6.23 Å². The molecule has 11 nitrogen and oxygen atoms in total. The van der Waals surface area contributed by atoms with Gasteiger partial charge in [0, 0.05) is 5.56 Å². The van der Waals surface area contributed by atoms with Gasteiger partial charge in [-0.1, -0.05) is 41.5 Å². The highest BCUT2D eigenvalue weighted by molar-refractivity contribution is 7.49. The molecule has 0 saturated carbocycles. The van der Waals surface area contributed by atoms with E-state index in [1.165, 1.54) is 6.07 Å². The number of phosphoric ester groups is 1. The molecule has 1 unspecified atom stereocenters. The molecule has 39 heavy (non-hydrogen) atoms. The molecule has 2 aromatic rings. The lowest BCUT2D eigenvalue weighted by Gasteiger charge is -2.34. The van der Waals surface area contributed by atoms with Crippen LogP contribution in [0.5, 0.6) is 5.75 Å². The molecule has 15 heteroatoms. The second kappa shape index (κ2) is 9.57. The number of fused-ring (bicyclic) bond motifs is 1. The van der Waals surface area contributed by atoms with E-state index in [0.29, 0.717) is 11.1 Å². The Morgan fingerprint density at radius 2 is 1.82 bits per heavy atom. The zero-order chi connectivity index (χ0) is 31.1. The summed E-state index contributed by atoms with van der Waals surface area (Å²) in [6.07, 6.45) is -7.22. The van der Waals surface area contributed by atoms with Crippen LogP contribution in [0, 0.1) is 11.6 Å². The van der Waals surface area contributed by atoms with Gasteiger partial charge in [-0.2, -0.15) is 4.39 Å². The van der Waals surface area contributed by atoms with Gasteiger partial charge in [0.1, 0.15) is 30.3 Å². The summed E-state index contributed by atoms with van der Waals surface area (Å²) in [5.41, 5.74) is -3.64. The van der Waals surface area contributed by atoms with Crippen LogP contribution in [0.3, 0.4) is 0 Å². The van der Waals surface area contributed by atoms with E-state index in [1.807, 2.05) is 0 Å². The summed E-state index contributed by atoms with van der Waals surface area (Å²) in [6.45, 7) is 5.98. The number of aliphatic hydroxyl groups is 2. The zero-order valence-electron chi connectivity index (χ0n) is 23.9. The van der Waals surface area contributed by atoms with Gasteiger partial charge in [-0.05, 0) is 22.5 Å². The number of aliphatic hydroxyl groups excluding tert-OH is 2. The predicted molar refractivity (Wildman–Crippen MR) is 130 cm³/mol. The summed E-state index contributed by atoms with van der Waals surface area (Å²) < 4.78 is 95.5. The molecule has 0 radical (unpaired) electrons. The van der Waals surface area contributed by atoms with Gasteiger partial charge in [-0.25, -0.2) is 18.1 Å². The van der Waals surface area contributed by atoms with Crippen molar-refractivity contribution >= 4 is 7.82 Å². The largest absolute Gasteiger partial charge is 0.530 e. The van der Waals surface area contributed by atoms with Crippen molar-refractivity contribution in [2.45, 2.75) is 83.3 Å². The number of aromatic nitrogens is 2. The fourth-order valence-electron chi connectivity index (χ4n) is 4.13. The van der Waals surface area contributed by atoms with Crippen molar-refractivity contribution in [3.63, 3.8) is 0 Å². The first-order chi connectivity index (χ1) is 18.5. The van der Waals surface area contributed by atoms with E-state index >= 15 is 8.78 Å². The van der Waals surface area contributed by atoms with E-state index in [4.69, 9.17) is 21.0 Å². The van der Waals surface area contributed by atoms with Gasteiger partial charge in [0.2, 0.25) is 5.82 Å². The molecule has 1 aromatic carbocycles. The first-order valence-electron chi connectivity index (χ1n) is 12.8. The first-order valence-corrected chi connectivity index (χ1v) is 13.2. The van der Waals surface area contributed by atoms with Crippen molar-refractivity contribution < 1.29 is 49.0 Å². The third-order valence-electron chi connectivity index (χ3n) is 6.28. The standard InChI is InChI=1S/C24H30F3N2O9P/c1-22(2,3)12-7-13(23(4,5)6)17-11(15(12)26)9-35-39(34,38-17)36-10-24(27)18(31)16(30)20(37-24)29-8-14(25)19(32)28-21(29)33/h7-8,16,18,20,30-31H,9-10H2,1-6H3,(H,28,32,33)/t16-,18+,20-,24-,39?/m1/s1/i10D2. The molecule has 1 saturated heterocycles. The quantitative estimate of drug-likeness (QED) is 0.464. The minimum Gasteiger partial charge on any atom is -0.403 e. The van der Waals surface area contributed by atoms with E-state index in [0.717, 1.165) is 0 Å². The Kier molecular flexibility index (Phi) is 6.56. The monoisotopic (exact) mass is 580 g/mol. The van der Waals surface area contributed by atoms with Gasteiger partial charge >= 0.3 is 13.5 Å². The number of hydrogen-bond donors (Lipinski definition) is 3. The van der Waals surface area contributed by atoms with Crippen LogP contribution in [0.2, 0.25) is 0 Å². The maximum atomic E-state index is 16.0. The fraction of sp³-hybridized carbons (Fsp3) is 0.583. The van der Waals surface area contributed by atoms with Gasteiger partial charge in [0.05, 0.1) is 21.1 Å². The smallest absolute Gasteiger partial charge is 0.403 e. The SMILES string of the molecule is [2H]C([2H])(OP1(=O)OCc2c(F)c(C(C)(C)C)cc(C(C)(C)C)c2O1)[C@@]1(F)O[C@@H](n2cc(F)c(=O)[nH]c2=O)[C@H](O)[C@@H]1O. The summed E-state index contributed by atoms with van der Waals surface area (Å²) in [6, 6.07) is 1.51. The summed E-state index contributed by atoms with van der Waals surface area (Å²) in [4.78, 5) is 25.0. The minimum atomic E-state index is -5.13. The summed E-state index contributed by atoms with van der Waals surface area (Å²) in [5.74, 6) is -6.56. The number of nitrogens with zero attached hydrogens (tertiary/aromatic N) is 1. The topological polar surface area (TPSA) is 149 Å². The van der Waals surface area contributed by atoms with Crippen molar-refractivity contribution in [3.05, 3.63) is 61.4 Å². The molecule has 3 N–H and O–H groups in total. The van der Waals surface area contributed by atoms with Crippen molar-refractivity contribution in [1.82, 2.24) is 9.55 Å². The Morgan fingerprint density at radius 3 is 2.41 bits per heavy atom. The highest BCUT2D eigenvalue weighted by Crippen LogP contribution is 2.58. The zero-order valence-corrected chi connectivity index (χ0v) is 22.8. The third-order valence-corrected chi connectivity index (χ3v) is 7.44. The Bertz CT molecular complexity index is 1550. The molecule has 216 valence electrons. The number of benzene rings is 1. The Morgan fingerprint density at radius 1 is 1.21 bits per heavy atom. The van der Waals surface area contributed by atoms with Crippen molar-refractivity contribution in [2.24, 2.45) is 0 Å². The molecule has 2 aliphatic rings. The van der Waals surface area contributed by atoms with Crippen LogP contribution in [0.4, 0.5) is 13.2 Å². The van der Waals surface area contributed by atoms with Crippen LogP contribution in [-0.4, -0.2) is 44.4 Å². The molecule has 3 heterocycles. The van der Waals surface area contributed by atoms with E-state index in [1.54, 1.807) is 46.5 Å². The number of alkyl halides is 1. The van der Waals surface area contributed by atoms with Crippen molar-refractivity contribution in [3.8, 4) is 5.75 Å². The predicted octanol–water partition coefficient (Wildman–Crippen LogP) is 3.06. The van der Waals surface area contributed by atoms with E-state index < -0.39 is 79.0 Å². The highest BCUT2D eigenvalue weighted by atomic mass is 31.2. The first kappa shape index (κ1) is 26.7. The molecule has 1 fully saturated rings. The van der Waals surface area contributed by atoms with Gasteiger partial charge < -0.3 is 19.5 Å². The number of hydrogen-bond acceptors (Lipinski definition) is 9. The molecule has 0 bridgehead atoms. The summed E-state index contributed by atoms with van der Waals surface area (Å²) in [7, 11) is -5.13. The van der Waals surface area contributed by atoms with Crippen LogP contribution in [0.1, 0.15) is 67.2 Å². The van der Waals surface area contributed by atoms with Gasteiger partial charge in [-0.3, -0.25) is 23.4 Å². The van der Waals surface area contributed by atoms with Gasteiger partial charge in [-0.15, -0.1) is 0 Å². The maximum Gasteiger partial charge on any atom is 0.530 e. The van der Waals surface area contributed by atoms with E-state index in [9.17, 15) is 28.8 Å². The molecule has 4 rings (SSSR count). The second-order valence-corrected chi connectivity index (χ2v) is 12.8. The highest BCUT2D eigenvalue weighted by Gasteiger charge is 2.58. The van der Waals surface area contributed by atoms with Crippen LogP contribution in [-0.2, 0) is 35.8 Å². The Balaban J connectivity index is 1.71. The average Bonchev–Trinajstić information content (AvgIpc) is 3.04. The van der Waals surface area contributed by atoms with Crippen LogP contribution in [0.15, 0.2) is 21.9 Å². The number of rotatable bonds is 4. The Labute approximate surface area is 223 Å². The summed E-state index contributed by atoms with van der Waals surface area (Å²) in [5, 5.41) is 20.8. The lowest BCUT2D eigenvalue weighted by molar-refractivity contribution is -0.205. The molecule has 2 aliphatic heterocycles. The molecule has 0 spiro atoms. The number of phosphoric acid groups is 1. The van der Waals surface area contributed by atoms with Crippen molar-refractivity contribution in [2.75, 3.05) is 6.56 Å². The Hall–Kier alpha value is -2.48. The molecule has 5 atom stereocenters. The molecule has 0 aliphatic carbocycles. The summed E-state index contributed by atoms with van der Waals surface area (Å²) >= 11 is 0. The fourth-order valence-corrected chi connectivity index (χ4v) is 5.22. The maximum absolute atomic E-state index is 16.0. The average molecular weight is 580 g/mol. The molecular formula is C24H30F3N2O9P. The number of H-pyrrole nitrogens is 1. The molecule has 0 amide bonds. The van der Waals surface area contributed by atoms with E-state index in [-0.39, 0.29) is 22.1 Å². The number of nitrogens with one attached hydrogen (secondary N) is 1. The lowest BCUT2D eigenvalue weighted by Crippen LogP contribution is -2.43. The number of aromatic amines is 1. The van der Waals surface area contributed by atoms with Crippen LogP contribution in [0.25, 0.3) is 0 Å². The van der Waals surface area contributed by atoms with Crippen LogP contribution < -0.4 is 15.8 Å². The number of ether oxygens (including phenoxy) is 1. The van der Waals surface area contributed by atoms with Crippen LogP contribution >= 0.6 is 7.82 Å². The van der Waals surface area contributed by atoms with E-state index in [2.05, 4.69) is 0 Å². The second-order valence-electron chi connectivity index (χ2n) is 11.3. The number of halogens is 3. The lowest BCUT2D eigenvalue weighted by atomic mass is 9.78. The van der Waals surface area contributed by atoms with Crippen molar-refractivity contribution in [1.29, 1.82) is 0 Å². The molecular weight excluding hydrogens is 548 g/mol. The third kappa shape index (κ3) is 5.33. The normalized spacial score (nSPS) is 30.4. The van der Waals surface area contributed by atoms with Gasteiger partial charge in [0.25, 0.3) is 11.4 Å². The molecule has 1 aromatic heterocycles. The minimum absolute atomic E-state index is 0.125.